The number of rotatable bonds is 13. The molecule has 3 aliphatic rings. The Morgan fingerprint density at radius 2 is 1.63 bits per heavy atom. The molecule has 2 N–H and O–H groups in total. The van der Waals surface area contributed by atoms with Crippen molar-refractivity contribution in [3.8, 4) is 34.8 Å². The largest absolute Gasteiger partial charge is 0.497 e. The smallest absolute Gasteiger partial charge is 0.418 e. The van der Waals surface area contributed by atoms with Gasteiger partial charge in [0, 0.05) is 37.8 Å². The summed E-state index contributed by atoms with van der Waals surface area (Å²) in [5.74, 6) is 0.460. The lowest BCUT2D eigenvalue weighted by molar-refractivity contribution is -0.137. The van der Waals surface area contributed by atoms with E-state index in [-0.39, 0.29) is 91.6 Å². The van der Waals surface area contributed by atoms with Crippen molar-refractivity contribution in [1.82, 2.24) is 29.8 Å². The number of anilines is 3. The highest BCUT2D eigenvalue weighted by Crippen LogP contribution is 2.46. The minimum absolute atomic E-state index is 0.0175. The molecule has 9 rings (SSSR count). The number of benzene rings is 2. The van der Waals surface area contributed by atoms with Crippen LogP contribution in [0.25, 0.3) is 22.3 Å². The molecule has 0 saturated carbocycles. The number of fused-ring (bicyclic) bond motifs is 1. The monoisotopic (exact) mass is 897 g/mol. The van der Waals surface area contributed by atoms with Gasteiger partial charge in [0.1, 0.15) is 70.6 Å². The van der Waals surface area contributed by atoms with Crippen LogP contribution in [0.2, 0.25) is 0 Å². The van der Waals surface area contributed by atoms with Crippen molar-refractivity contribution in [3.63, 3.8) is 0 Å². The fourth-order valence-electron chi connectivity index (χ4n) is 9.43. The van der Waals surface area contributed by atoms with E-state index in [4.69, 9.17) is 29.7 Å². The maximum Gasteiger partial charge on any atom is 0.418 e. The standard InChI is InChI=1S/C47H48F5N9O4/c1-27-21-35(59(23-29-8-12-32(62-3)13-9-29)24-30-10-14-33(63-4)15-11-30)55-40(37(27)47(50,51)52)41-38(49)39-36-43(58-45(57-39)65-26-46-16-6-18-60(46)25-31(48)22-46)61(19-20-64-44(36)56-41)28(2)34-7-5-17-54-42(34)53/h5,7-15,17,21,28,31H,6,16,18-20,22-26H2,1-4H3,(H2,53,54)/t28-,31-,46+/m1/s1. The van der Waals surface area contributed by atoms with E-state index >= 15 is 17.6 Å². The number of halogens is 5. The number of alkyl halides is 4. The second-order valence-electron chi connectivity index (χ2n) is 16.8. The predicted octanol–water partition coefficient (Wildman–Crippen LogP) is 8.67. The first kappa shape index (κ1) is 43.7. The van der Waals surface area contributed by atoms with Crippen molar-refractivity contribution in [2.75, 3.05) is 62.6 Å². The van der Waals surface area contributed by atoms with Crippen LogP contribution in [0.5, 0.6) is 23.4 Å². The molecule has 0 amide bonds. The van der Waals surface area contributed by atoms with Gasteiger partial charge < -0.3 is 34.5 Å². The maximum atomic E-state index is 17.8. The minimum Gasteiger partial charge on any atom is -0.497 e. The average Bonchev–Trinajstić information content (AvgIpc) is 3.75. The summed E-state index contributed by atoms with van der Waals surface area (Å²) < 4.78 is 102. The van der Waals surface area contributed by atoms with Gasteiger partial charge in [-0.3, -0.25) is 4.90 Å². The van der Waals surface area contributed by atoms with Crippen molar-refractivity contribution in [3.05, 3.63) is 107 Å². The van der Waals surface area contributed by atoms with E-state index < -0.39 is 46.7 Å². The Bertz CT molecular complexity index is 2660. The molecule has 340 valence electrons. The lowest BCUT2D eigenvalue weighted by Crippen LogP contribution is -2.43. The molecule has 2 saturated heterocycles. The molecule has 3 atom stereocenters. The third-order valence-corrected chi connectivity index (χ3v) is 12.7. The summed E-state index contributed by atoms with van der Waals surface area (Å²) >= 11 is 0. The van der Waals surface area contributed by atoms with Crippen LogP contribution in [-0.2, 0) is 19.3 Å². The van der Waals surface area contributed by atoms with Crippen LogP contribution in [0.1, 0.15) is 60.0 Å². The molecule has 2 fully saturated rings. The van der Waals surface area contributed by atoms with Crippen molar-refractivity contribution in [2.24, 2.45) is 0 Å². The number of hydrogen-bond acceptors (Lipinski definition) is 13. The van der Waals surface area contributed by atoms with E-state index in [9.17, 15) is 4.39 Å². The Morgan fingerprint density at radius 3 is 2.28 bits per heavy atom. The molecular weight excluding hydrogens is 850 g/mol. The molecule has 7 heterocycles. The number of nitrogens with zero attached hydrogens (tertiary/aromatic N) is 8. The molecule has 0 radical (unpaired) electrons. The van der Waals surface area contributed by atoms with E-state index in [1.54, 1.807) is 55.6 Å². The maximum absolute atomic E-state index is 17.8. The van der Waals surface area contributed by atoms with E-state index in [1.165, 1.54) is 13.0 Å². The Balaban J connectivity index is 1.21. The summed E-state index contributed by atoms with van der Waals surface area (Å²) in [6, 6.07) is 18.7. The Kier molecular flexibility index (Phi) is 11.7. The van der Waals surface area contributed by atoms with E-state index in [0.717, 1.165) is 17.5 Å². The van der Waals surface area contributed by atoms with Gasteiger partial charge in [0.05, 0.1) is 37.9 Å². The van der Waals surface area contributed by atoms with Crippen LogP contribution in [0, 0.1) is 12.7 Å². The van der Waals surface area contributed by atoms with Gasteiger partial charge >= 0.3 is 12.2 Å². The van der Waals surface area contributed by atoms with Crippen LogP contribution in [0.3, 0.4) is 0 Å². The molecule has 0 aliphatic carbocycles. The van der Waals surface area contributed by atoms with Gasteiger partial charge in [-0.05, 0) is 86.3 Å². The van der Waals surface area contributed by atoms with Crippen molar-refractivity contribution in [1.29, 1.82) is 0 Å². The van der Waals surface area contributed by atoms with E-state index in [2.05, 4.69) is 24.8 Å². The molecule has 4 aromatic heterocycles. The normalized spacial score (nSPS) is 18.8. The Hall–Kier alpha value is -6.56. The molecule has 0 unspecified atom stereocenters. The molecule has 3 aliphatic heterocycles. The predicted molar refractivity (Wildman–Crippen MR) is 235 cm³/mol. The Labute approximate surface area is 372 Å². The van der Waals surface area contributed by atoms with Crippen molar-refractivity contribution in [2.45, 2.75) is 70.1 Å². The minimum atomic E-state index is -4.98. The highest BCUT2D eigenvalue weighted by atomic mass is 19.4. The molecule has 18 heteroatoms. The van der Waals surface area contributed by atoms with Crippen LogP contribution < -0.4 is 34.5 Å². The quantitative estimate of drug-likeness (QED) is 0.111. The second-order valence-corrected chi connectivity index (χ2v) is 16.8. The first-order chi connectivity index (χ1) is 31.2. The highest BCUT2D eigenvalue weighted by Gasteiger charge is 2.49. The van der Waals surface area contributed by atoms with Gasteiger partial charge in [-0.2, -0.15) is 23.1 Å². The zero-order valence-electron chi connectivity index (χ0n) is 36.3. The zero-order chi connectivity index (χ0) is 45.6. The van der Waals surface area contributed by atoms with Crippen LogP contribution in [0.15, 0.2) is 72.9 Å². The van der Waals surface area contributed by atoms with Gasteiger partial charge in [0.25, 0.3) is 0 Å². The summed E-state index contributed by atoms with van der Waals surface area (Å²) in [5.41, 5.74) is 4.78. The van der Waals surface area contributed by atoms with E-state index in [0.29, 0.717) is 30.0 Å². The lowest BCUT2D eigenvalue weighted by atomic mass is 9.95. The summed E-state index contributed by atoms with van der Waals surface area (Å²) in [6.45, 7) is 4.78. The van der Waals surface area contributed by atoms with Gasteiger partial charge in [-0.25, -0.2) is 23.7 Å². The number of aromatic nitrogens is 5. The average molecular weight is 898 g/mol. The van der Waals surface area contributed by atoms with Gasteiger partial charge in [0.15, 0.2) is 5.82 Å². The SMILES string of the molecule is COc1ccc(CN(Cc2ccc(OC)cc2)c2cc(C)c(C(F)(F)F)c(-c3nc4c5c(nc(OC[C@@]67CCCN6C[C@H](F)C7)nc5c3F)N([C@H](C)c3cccnc3N)CCO4)n2)cc1. The van der Waals surface area contributed by atoms with Gasteiger partial charge in [0.2, 0.25) is 5.88 Å². The molecule has 0 bridgehead atoms. The Morgan fingerprint density at radius 1 is 0.938 bits per heavy atom. The topological polar surface area (TPSA) is 137 Å². The number of pyridine rings is 3. The number of nitrogen functional groups attached to an aromatic ring is 1. The summed E-state index contributed by atoms with van der Waals surface area (Å²) in [4.78, 5) is 28.5. The number of aryl methyl sites for hydroxylation is 1. The highest BCUT2D eigenvalue weighted by molar-refractivity contribution is 5.97. The molecule has 2 aromatic carbocycles. The molecular formula is C47H48F5N9O4. The number of ether oxygens (including phenoxy) is 4. The lowest BCUT2D eigenvalue weighted by Gasteiger charge is -2.32. The fraction of sp³-hybridized carbons (Fsp3) is 0.383. The first-order valence-corrected chi connectivity index (χ1v) is 21.4. The summed E-state index contributed by atoms with van der Waals surface area (Å²) in [6.07, 6.45) is -2.66. The number of nitrogens with two attached hydrogens (primary N) is 1. The third-order valence-electron chi connectivity index (χ3n) is 12.7. The fourth-order valence-corrected chi connectivity index (χ4v) is 9.43. The van der Waals surface area contributed by atoms with Crippen LogP contribution in [0.4, 0.5) is 39.4 Å². The molecule has 6 aromatic rings. The number of methoxy groups -OCH3 is 2. The van der Waals surface area contributed by atoms with Crippen LogP contribution in [-0.4, -0.2) is 88.6 Å². The summed E-state index contributed by atoms with van der Waals surface area (Å²) in [7, 11) is 3.11. The van der Waals surface area contributed by atoms with Crippen molar-refractivity contribution >= 4 is 28.4 Å². The molecule has 13 nitrogen and oxygen atoms in total. The second kappa shape index (κ2) is 17.4. The van der Waals surface area contributed by atoms with Crippen LogP contribution >= 0.6 is 0 Å². The van der Waals surface area contributed by atoms with Crippen molar-refractivity contribution < 1.29 is 40.9 Å². The number of hydrogen-bond donors (Lipinski definition) is 1. The van der Waals surface area contributed by atoms with Gasteiger partial charge in [-0.15, -0.1) is 0 Å². The zero-order valence-corrected chi connectivity index (χ0v) is 36.3. The molecule has 0 spiro atoms. The molecule has 65 heavy (non-hydrogen) atoms. The first-order valence-electron chi connectivity index (χ1n) is 21.4. The van der Waals surface area contributed by atoms with Gasteiger partial charge in [-0.1, -0.05) is 30.3 Å². The van der Waals surface area contributed by atoms with E-state index in [1.807, 2.05) is 42.2 Å². The third kappa shape index (κ3) is 8.46. The summed E-state index contributed by atoms with van der Waals surface area (Å²) in [5, 5.41) is 0.0258.